The first-order chi connectivity index (χ1) is 13.9. The highest BCUT2D eigenvalue weighted by Gasteiger charge is 2.22. The van der Waals surface area contributed by atoms with Crippen LogP contribution >= 0.6 is 11.6 Å². The zero-order valence-electron chi connectivity index (χ0n) is 16.5. The summed E-state index contributed by atoms with van der Waals surface area (Å²) in [7, 11) is 3.06. The van der Waals surface area contributed by atoms with Gasteiger partial charge >= 0.3 is 5.69 Å². The molecular weight excluding hydrogens is 394 g/mol. The summed E-state index contributed by atoms with van der Waals surface area (Å²) in [5.74, 6) is 0.625. The number of nitrogens with zero attached hydrogens (tertiary/aromatic N) is 4. The molecule has 2 heterocycles. The Morgan fingerprint density at radius 3 is 2.62 bits per heavy atom. The summed E-state index contributed by atoms with van der Waals surface area (Å²) in [6, 6.07) is 4.97. The lowest BCUT2D eigenvalue weighted by Gasteiger charge is -2.23. The van der Waals surface area contributed by atoms with Crippen LogP contribution in [0.2, 0.25) is 5.02 Å². The van der Waals surface area contributed by atoms with E-state index in [1.54, 1.807) is 23.7 Å². The Morgan fingerprint density at radius 1 is 1.17 bits per heavy atom. The van der Waals surface area contributed by atoms with Crippen LogP contribution in [0.5, 0.6) is 5.75 Å². The van der Waals surface area contributed by atoms with Gasteiger partial charge in [-0.1, -0.05) is 30.9 Å². The third-order valence-corrected chi connectivity index (χ3v) is 6.01. The molecule has 0 amide bonds. The van der Waals surface area contributed by atoms with E-state index in [-0.39, 0.29) is 18.3 Å². The molecule has 0 unspecified atom stereocenters. The normalized spacial score (nSPS) is 15.1. The summed E-state index contributed by atoms with van der Waals surface area (Å²) in [6.45, 7) is 0.242. The monoisotopic (exact) mass is 417 g/mol. The highest BCUT2D eigenvalue weighted by Crippen LogP contribution is 2.27. The lowest BCUT2D eigenvalue weighted by atomic mass is 9.96. The molecule has 4 rings (SSSR count). The van der Waals surface area contributed by atoms with Gasteiger partial charge in [-0.05, 0) is 36.6 Å². The van der Waals surface area contributed by atoms with Gasteiger partial charge in [0.15, 0.2) is 11.2 Å². The van der Waals surface area contributed by atoms with Crippen molar-refractivity contribution in [1.29, 1.82) is 0 Å². The van der Waals surface area contributed by atoms with Gasteiger partial charge in [0.25, 0.3) is 5.56 Å². The molecule has 0 saturated heterocycles. The van der Waals surface area contributed by atoms with E-state index in [2.05, 4.69) is 10.3 Å². The molecule has 0 bridgehead atoms. The van der Waals surface area contributed by atoms with Crippen LogP contribution in [0, 0.1) is 0 Å². The Labute approximate surface area is 172 Å². The largest absolute Gasteiger partial charge is 0.508 e. The molecule has 9 heteroatoms. The fourth-order valence-corrected chi connectivity index (χ4v) is 4.17. The highest BCUT2D eigenvalue weighted by atomic mass is 35.5. The maximum absolute atomic E-state index is 12.9. The number of phenols is 1. The van der Waals surface area contributed by atoms with E-state index in [1.807, 2.05) is 0 Å². The first-order valence-corrected chi connectivity index (χ1v) is 10.1. The molecule has 2 N–H and O–H groups in total. The van der Waals surface area contributed by atoms with E-state index < -0.39 is 11.2 Å². The van der Waals surface area contributed by atoms with Crippen molar-refractivity contribution in [3.63, 3.8) is 0 Å². The Balaban J connectivity index is 1.90. The van der Waals surface area contributed by atoms with E-state index in [1.165, 1.54) is 24.1 Å². The second-order valence-corrected chi connectivity index (χ2v) is 8.06. The molecule has 1 saturated carbocycles. The van der Waals surface area contributed by atoms with Crippen LogP contribution in [0.4, 0.5) is 5.95 Å². The maximum atomic E-state index is 12.9. The Kier molecular flexibility index (Phi) is 5.12. The molecule has 0 spiro atoms. The quantitative estimate of drug-likeness (QED) is 0.680. The van der Waals surface area contributed by atoms with Crippen LogP contribution in [0.25, 0.3) is 11.2 Å². The van der Waals surface area contributed by atoms with Gasteiger partial charge < -0.3 is 10.4 Å². The molecule has 154 valence electrons. The summed E-state index contributed by atoms with van der Waals surface area (Å²) in [4.78, 5) is 29.9. The summed E-state index contributed by atoms with van der Waals surface area (Å²) in [5, 5.41) is 13.8. The Bertz CT molecular complexity index is 1190. The lowest BCUT2D eigenvalue weighted by molar-refractivity contribution is 0.459. The van der Waals surface area contributed by atoms with Crippen molar-refractivity contribution >= 4 is 28.7 Å². The van der Waals surface area contributed by atoms with Gasteiger partial charge in [-0.15, -0.1) is 0 Å². The van der Waals surface area contributed by atoms with Gasteiger partial charge in [0, 0.05) is 25.2 Å². The summed E-state index contributed by atoms with van der Waals surface area (Å²) >= 11 is 6.33. The minimum atomic E-state index is -0.424. The third-order valence-electron chi connectivity index (χ3n) is 5.64. The average molecular weight is 418 g/mol. The first-order valence-electron chi connectivity index (χ1n) is 9.77. The molecule has 2 aromatic heterocycles. The Hall–Kier alpha value is -2.74. The van der Waals surface area contributed by atoms with E-state index in [0.717, 1.165) is 30.3 Å². The molecule has 1 aliphatic carbocycles. The number of hydrogen-bond acceptors (Lipinski definition) is 5. The predicted octanol–water partition coefficient (Wildman–Crippen LogP) is 2.59. The minimum Gasteiger partial charge on any atom is -0.508 e. The molecular formula is C20H24ClN5O3. The SMILES string of the molecule is Cn1c(=O)c2c(nc(NC3CCCCC3)n2Cc2cc(O)ccc2Cl)n(C)c1=O. The van der Waals surface area contributed by atoms with Crippen LogP contribution in [-0.2, 0) is 20.6 Å². The standard InChI is InChI=1S/C20H24ClN5O3/c1-24-17-16(18(28)25(2)20(24)29)26(11-12-10-14(27)8-9-15(12)21)19(23-17)22-13-6-4-3-5-7-13/h8-10,13,27H,3-7,11H2,1-2H3,(H,22,23). The number of fused-ring (bicyclic) bond motifs is 1. The molecule has 1 aromatic carbocycles. The number of halogens is 1. The fourth-order valence-electron chi connectivity index (χ4n) is 3.99. The van der Waals surface area contributed by atoms with Gasteiger partial charge in [-0.3, -0.25) is 18.5 Å². The van der Waals surface area contributed by atoms with Crippen molar-refractivity contribution in [2.75, 3.05) is 5.32 Å². The first kappa shape index (κ1) is 19.6. The number of benzene rings is 1. The predicted molar refractivity (Wildman–Crippen MR) is 113 cm³/mol. The summed E-state index contributed by atoms with van der Waals surface area (Å²) in [6.07, 6.45) is 5.59. The van der Waals surface area contributed by atoms with Crippen molar-refractivity contribution in [3.8, 4) is 5.75 Å². The van der Waals surface area contributed by atoms with E-state index in [4.69, 9.17) is 11.6 Å². The molecule has 8 nitrogen and oxygen atoms in total. The second kappa shape index (κ2) is 7.59. The van der Waals surface area contributed by atoms with Crippen LogP contribution in [0.15, 0.2) is 27.8 Å². The molecule has 0 aliphatic heterocycles. The average Bonchev–Trinajstić information content (AvgIpc) is 3.06. The van der Waals surface area contributed by atoms with Crippen molar-refractivity contribution in [2.45, 2.75) is 44.7 Å². The van der Waals surface area contributed by atoms with Gasteiger partial charge in [0.2, 0.25) is 5.95 Å². The molecule has 3 aromatic rings. The number of aryl methyl sites for hydroxylation is 1. The number of anilines is 1. The van der Waals surface area contributed by atoms with Gasteiger partial charge in [0.05, 0.1) is 6.54 Å². The second-order valence-electron chi connectivity index (χ2n) is 7.65. The molecule has 0 radical (unpaired) electrons. The fraction of sp³-hybridized carbons (Fsp3) is 0.450. The zero-order valence-corrected chi connectivity index (χ0v) is 17.2. The van der Waals surface area contributed by atoms with Crippen LogP contribution in [-0.4, -0.2) is 29.8 Å². The number of phenolic OH excluding ortho intramolecular Hbond substituents is 1. The van der Waals surface area contributed by atoms with Crippen molar-refractivity contribution in [3.05, 3.63) is 49.6 Å². The zero-order chi connectivity index (χ0) is 20.7. The maximum Gasteiger partial charge on any atom is 0.332 e. The molecule has 1 aliphatic rings. The smallest absolute Gasteiger partial charge is 0.332 e. The van der Waals surface area contributed by atoms with E-state index >= 15 is 0 Å². The third kappa shape index (κ3) is 3.53. The van der Waals surface area contributed by atoms with Gasteiger partial charge in [0.1, 0.15) is 5.75 Å². The van der Waals surface area contributed by atoms with Crippen LogP contribution in [0.3, 0.4) is 0 Å². The minimum absolute atomic E-state index is 0.0934. The van der Waals surface area contributed by atoms with Crippen LogP contribution in [0.1, 0.15) is 37.7 Å². The number of hydrogen-bond donors (Lipinski definition) is 2. The number of aromatic hydroxyl groups is 1. The number of aromatic nitrogens is 4. The Morgan fingerprint density at radius 2 is 1.90 bits per heavy atom. The molecule has 1 fully saturated rings. The summed E-state index contributed by atoms with van der Waals surface area (Å²) in [5.41, 5.74) is 0.476. The van der Waals surface area contributed by atoms with Gasteiger partial charge in [-0.2, -0.15) is 4.98 Å². The number of nitrogens with one attached hydrogen (secondary N) is 1. The highest BCUT2D eigenvalue weighted by molar-refractivity contribution is 6.31. The van der Waals surface area contributed by atoms with Crippen molar-refractivity contribution < 1.29 is 5.11 Å². The molecule has 29 heavy (non-hydrogen) atoms. The summed E-state index contributed by atoms with van der Waals surface area (Å²) < 4.78 is 4.21. The van der Waals surface area contributed by atoms with Crippen LogP contribution < -0.4 is 16.6 Å². The number of imidazole rings is 1. The topological polar surface area (TPSA) is 94.1 Å². The number of rotatable bonds is 4. The van der Waals surface area contributed by atoms with E-state index in [9.17, 15) is 14.7 Å². The van der Waals surface area contributed by atoms with Crippen molar-refractivity contribution in [2.24, 2.45) is 14.1 Å². The van der Waals surface area contributed by atoms with Gasteiger partial charge in [-0.25, -0.2) is 4.79 Å². The molecule has 0 atom stereocenters. The van der Waals surface area contributed by atoms with Crippen molar-refractivity contribution in [1.82, 2.24) is 18.7 Å². The van der Waals surface area contributed by atoms with E-state index in [0.29, 0.717) is 27.7 Å². The lowest BCUT2D eigenvalue weighted by Crippen LogP contribution is -2.37.